The predicted octanol–water partition coefficient (Wildman–Crippen LogP) is 3.95. The molecule has 0 aromatic heterocycles. The molecule has 0 aliphatic heterocycles. The molecular formula is C17H20N2O4. The number of rotatable bonds is 3. The molecule has 2 fully saturated rings. The molecule has 2 saturated carbocycles. The van der Waals surface area contributed by atoms with Gasteiger partial charge in [0.2, 0.25) is 0 Å². The molecule has 23 heavy (non-hydrogen) atoms. The van der Waals surface area contributed by atoms with Crippen molar-refractivity contribution in [2.24, 2.45) is 21.9 Å². The number of carbonyl (C=O) groups excluding carboxylic acids is 1. The smallest absolute Gasteiger partial charge is 0.313 e. The molecule has 1 aromatic carbocycles. The van der Waals surface area contributed by atoms with Gasteiger partial charge in [0, 0.05) is 17.5 Å². The average molecular weight is 316 g/mol. The summed E-state index contributed by atoms with van der Waals surface area (Å²) in [5.74, 6) is -0.0897. The van der Waals surface area contributed by atoms with Crippen LogP contribution < -0.4 is 0 Å². The van der Waals surface area contributed by atoms with Crippen LogP contribution in [0, 0.1) is 26.9 Å². The molecular weight excluding hydrogens is 296 g/mol. The SMILES string of the molecule is CC1(C)[C@@H]2CC[C@@]1(C)/C(=N\OC(=O)c1cccc([N+](=O)[O-])c1)C2. The van der Waals surface area contributed by atoms with Crippen molar-refractivity contribution in [1.82, 2.24) is 0 Å². The summed E-state index contributed by atoms with van der Waals surface area (Å²) >= 11 is 0. The fourth-order valence-electron chi connectivity index (χ4n) is 3.96. The first-order valence-electron chi connectivity index (χ1n) is 7.79. The van der Waals surface area contributed by atoms with E-state index in [2.05, 4.69) is 25.9 Å². The fourth-order valence-corrected chi connectivity index (χ4v) is 3.96. The molecule has 0 amide bonds. The van der Waals surface area contributed by atoms with Crippen molar-refractivity contribution >= 4 is 17.4 Å². The van der Waals surface area contributed by atoms with Crippen LogP contribution in [-0.2, 0) is 4.84 Å². The molecule has 0 saturated heterocycles. The molecule has 0 spiro atoms. The highest BCUT2D eigenvalue weighted by atomic mass is 16.7. The van der Waals surface area contributed by atoms with Crippen molar-refractivity contribution < 1.29 is 14.6 Å². The van der Waals surface area contributed by atoms with Gasteiger partial charge in [0.15, 0.2) is 0 Å². The zero-order chi connectivity index (χ0) is 16.8. The van der Waals surface area contributed by atoms with E-state index in [4.69, 9.17) is 4.84 Å². The van der Waals surface area contributed by atoms with E-state index in [1.807, 2.05) is 0 Å². The van der Waals surface area contributed by atoms with Gasteiger partial charge < -0.3 is 4.84 Å². The summed E-state index contributed by atoms with van der Waals surface area (Å²) in [7, 11) is 0. The summed E-state index contributed by atoms with van der Waals surface area (Å²) in [4.78, 5) is 27.4. The number of non-ortho nitro benzene ring substituents is 1. The lowest BCUT2D eigenvalue weighted by Crippen LogP contribution is -2.32. The molecule has 6 heteroatoms. The Morgan fingerprint density at radius 1 is 1.39 bits per heavy atom. The van der Waals surface area contributed by atoms with Crippen molar-refractivity contribution in [3.8, 4) is 0 Å². The summed E-state index contributed by atoms with van der Waals surface area (Å²) in [6.45, 7) is 6.67. The van der Waals surface area contributed by atoms with Crippen molar-refractivity contribution in [3.63, 3.8) is 0 Å². The Morgan fingerprint density at radius 2 is 2.13 bits per heavy atom. The predicted molar refractivity (Wildman–Crippen MR) is 85.2 cm³/mol. The van der Waals surface area contributed by atoms with Crippen molar-refractivity contribution in [2.75, 3.05) is 0 Å². The molecule has 122 valence electrons. The van der Waals surface area contributed by atoms with Crippen LogP contribution in [0.5, 0.6) is 0 Å². The Labute approximate surface area is 134 Å². The Kier molecular flexibility index (Phi) is 3.50. The van der Waals surface area contributed by atoms with Crippen LogP contribution in [0.3, 0.4) is 0 Å². The van der Waals surface area contributed by atoms with Crippen molar-refractivity contribution in [1.29, 1.82) is 0 Å². The van der Waals surface area contributed by atoms with Crippen LogP contribution in [0.25, 0.3) is 0 Å². The van der Waals surface area contributed by atoms with Crippen LogP contribution in [-0.4, -0.2) is 16.6 Å². The molecule has 6 nitrogen and oxygen atoms in total. The summed E-state index contributed by atoms with van der Waals surface area (Å²) in [6, 6.07) is 5.49. The van der Waals surface area contributed by atoms with Crippen LogP contribution in [0.2, 0.25) is 0 Å². The Balaban J connectivity index is 1.78. The van der Waals surface area contributed by atoms with E-state index in [0.717, 1.165) is 18.6 Å². The monoisotopic (exact) mass is 316 g/mol. The van der Waals surface area contributed by atoms with E-state index >= 15 is 0 Å². The number of fused-ring (bicyclic) bond motifs is 2. The van der Waals surface area contributed by atoms with E-state index < -0.39 is 10.9 Å². The molecule has 3 rings (SSSR count). The van der Waals surface area contributed by atoms with Gasteiger partial charge in [-0.05, 0) is 36.7 Å². The standard InChI is InChI=1S/C17H20N2O4/c1-16(2)12-7-8-17(16,3)14(10-12)18-23-15(20)11-5-4-6-13(9-11)19(21)22/h4-6,9,12H,7-8,10H2,1-3H3/b18-14-/t12-,17+/m1/s1. The highest BCUT2D eigenvalue weighted by Gasteiger charge is 2.60. The number of nitro benzene ring substituents is 1. The third-order valence-corrected chi connectivity index (χ3v) is 6.04. The number of carbonyl (C=O) groups is 1. The van der Waals surface area contributed by atoms with Gasteiger partial charge >= 0.3 is 5.97 Å². The maximum atomic E-state index is 12.1. The number of hydrogen-bond donors (Lipinski definition) is 0. The maximum Gasteiger partial charge on any atom is 0.365 e. The number of benzene rings is 1. The lowest BCUT2D eigenvalue weighted by atomic mass is 9.70. The first-order valence-corrected chi connectivity index (χ1v) is 7.79. The number of hydrogen-bond acceptors (Lipinski definition) is 5. The van der Waals surface area contributed by atoms with E-state index in [-0.39, 0.29) is 22.1 Å². The van der Waals surface area contributed by atoms with E-state index in [0.29, 0.717) is 5.92 Å². The minimum Gasteiger partial charge on any atom is -0.313 e. The van der Waals surface area contributed by atoms with E-state index in [9.17, 15) is 14.9 Å². The number of nitrogens with zero attached hydrogens (tertiary/aromatic N) is 2. The third-order valence-electron chi connectivity index (χ3n) is 6.04. The van der Waals surface area contributed by atoms with Gasteiger partial charge in [-0.2, -0.15) is 0 Å². The summed E-state index contributed by atoms with van der Waals surface area (Å²) in [5, 5.41) is 14.9. The minimum atomic E-state index is -0.662. The normalized spacial score (nSPS) is 29.7. The lowest BCUT2D eigenvalue weighted by Gasteiger charge is -2.34. The van der Waals surface area contributed by atoms with Gasteiger partial charge in [-0.3, -0.25) is 10.1 Å². The summed E-state index contributed by atoms with van der Waals surface area (Å²) in [5.41, 5.74) is 1.04. The second kappa shape index (κ2) is 5.15. The molecule has 2 atom stereocenters. The largest absolute Gasteiger partial charge is 0.365 e. The van der Waals surface area contributed by atoms with Crippen LogP contribution >= 0.6 is 0 Å². The lowest BCUT2D eigenvalue weighted by molar-refractivity contribution is -0.384. The van der Waals surface area contributed by atoms with Crippen LogP contribution in [0.4, 0.5) is 5.69 Å². The molecule has 2 aliphatic rings. The fraction of sp³-hybridized carbons (Fsp3) is 0.529. The van der Waals surface area contributed by atoms with Gasteiger partial charge in [0.25, 0.3) is 5.69 Å². The van der Waals surface area contributed by atoms with Gasteiger partial charge in [0.05, 0.1) is 16.2 Å². The van der Waals surface area contributed by atoms with Gasteiger partial charge in [-0.15, -0.1) is 0 Å². The molecule has 2 aliphatic carbocycles. The topological polar surface area (TPSA) is 81.8 Å². The highest BCUT2D eigenvalue weighted by Crippen LogP contribution is 2.63. The Bertz CT molecular complexity index is 710. The van der Waals surface area contributed by atoms with Gasteiger partial charge in [-0.25, -0.2) is 4.79 Å². The quantitative estimate of drug-likeness (QED) is 0.480. The molecule has 0 radical (unpaired) electrons. The van der Waals surface area contributed by atoms with Crippen LogP contribution in [0.15, 0.2) is 29.4 Å². The molecule has 2 bridgehead atoms. The minimum absolute atomic E-state index is 0.0410. The first kappa shape index (κ1) is 15.6. The van der Waals surface area contributed by atoms with Crippen molar-refractivity contribution in [3.05, 3.63) is 39.9 Å². The van der Waals surface area contributed by atoms with Gasteiger partial charge in [-0.1, -0.05) is 32.0 Å². The second-order valence-electron chi connectivity index (χ2n) is 7.22. The van der Waals surface area contributed by atoms with E-state index in [1.165, 1.54) is 30.7 Å². The van der Waals surface area contributed by atoms with Crippen molar-refractivity contribution in [2.45, 2.75) is 40.0 Å². The third kappa shape index (κ3) is 2.33. The molecule has 0 N–H and O–H groups in total. The maximum absolute atomic E-state index is 12.1. The molecule has 0 heterocycles. The zero-order valence-corrected chi connectivity index (χ0v) is 13.5. The van der Waals surface area contributed by atoms with Gasteiger partial charge in [0.1, 0.15) is 0 Å². The number of oxime groups is 1. The van der Waals surface area contributed by atoms with E-state index in [1.54, 1.807) is 0 Å². The molecule has 1 aromatic rings. The summed E-state index contributed by atoms with van der Waals surface area (Å²) in [6.07, 6.45) is 3.09. The highest BCUT2D eigenvalue weighted by molar-refractivity contribution is 5.95. The first-order chi connectivity index (χ1) is 10.8. The van der Waals surface area contributed by atoms with Crippen LogP contribution in [0.1, 0.15) is 50.4 Å². The number of nitro groups is 1. The zero-order valence-electron chi connectivity index (χ0n) is 13.5. The average Bonchev–Trinajstić information content (AvgIpc) is 2.85. The summed E-state index contributed by atoms with van der Waals surface area (Å²) < 4.78 is 0. The Morgan fingerprint density at radius 3 is 2.70 bits per heavy atom. The second-order valence-corrected chi connectivity index (χ2v) is 7.22. The molecule has 0 unspecified atom stereocenters. The Hall–Kier alpha value is -2.24.